The van der Waals surface area contributed by atoms with E-state index in [2.05, 4.69) is 15.5 Å². The highest BCUT2D eigenvalue weighted by Crippen LogP contribution is 2.13. The molecule has 1 aliphatic rings. The summed E-state index contributed by atoms with van der Waals surface area (Å²) in [7, 11) is 1.96. The van der Waals surface area contributed by atoms with Crippen LogP contribution in [0.5, 0.6) is 0 Å². The van der Waals surface area contributed by atoms with E-state index >= 15 is 0 Å². The van der Waals surface area contributed by atoms with E-state index < -0.39 is 0 Å². The second kappa shape index (κ2) is 7.52. The van der Waals surface area contributed by atoms with E-state index in [1.54, 1.807) is 18.2 Å². The SMILES string of the molecule is CNC1CCCN(C(C)C(=O)NCc2ccccc2F)C1. The van der Waals surface area contributed by atoms with Gasteiger partial charge in [-0.1, -0.05) is 18.2 Å². The number of amides is 1. The average molecular weight is 293 g/mol. The number of carbonyl (C=O) groups excluding carboxylic acids is 1. The molecule has 2 rings (SSSR count). The standard InChI is InChI=1S/C16H24FN3O/c1-12(20-9-5-7-14(11-20)18-2)16(21)19-10-13-6-3-4-8-15(13)17/h3-4,6,8,12,14,18H,5,7,9-11H2,1-2H3,(H,19,21). The molecule has 1 heterocycles. The fraction of sp³-hybridized carbons (Fsp3) is 0.562. The number of likely N-dealkylation sites (N-methyl/N-ethyl adjacent to an activating group) is 1. The Bertz CT molecular complexity index is 480. The van der Waals surface area contributed by atoms with Crippen molar-refractivity contribution in [1.82, 2.24) is 15.5 Å². The number of nitrogens with zero attached hydrogens (tertiary/aromatic N) is 1. The van der Waals surface area contributed by atoms with E-state index in [1.807, 2.05) is 14.0 Å². The van der Waals surface area contributed by atoms with Gasteiger partial charge in [0.1, 0.15) is 5.82 Å². The highest BCUT2D eigenvalue weighted by molar-refractivity contribution is 5.81. The van der Waals surface area contributed by atoms with E-state index in [1.165, 1.54) is 6.07 Å². The van der Waals surface area contributed by atoms with Crippen molar-refractivity contribution in [2.45, 2.75) is 38.4 Å². The van der Waals surface area contributed by atoms with Crippen molar-refractivity contribution in [2.24, 2.45) is 0 Å². The van der Waals surface area contributed by atoms with Gasteiger partial charge in [0.2, 0.25) is 5.91 Å². The van der Waals surface area contributed by atoms with Gasteiger partial charge in [-0.3, -0.25) is 9.69 Å². The summed E-state index contributed by atoms with van der Waals surface area (Å²) < 4.78 is 13.5. The number of carbonyl (C=O) groups is 1. The summed E-state index contributed by atoms with van der Waals surface area (Å²) >= 11 is 0. The van der Waals surface area contributed by atoms with Crippen molar-refractivity contribution >= 4 is 5.91 Å². The third-order valence-corrected chi connectivity index (χ3v) is 4.20. The highest BCUT2D eigenvalue weighted by Gasteiger charge is 2.26. The Hall–Kier alpha value is -1.46. The molecule has 2 N–H and O–H groups in total. The van der Waals surface area contributed by atoms with E-state index in [-0.39, 0.29) is 24.3 Å². The molecule has 1 aromatic rings. The Labute approximate surface area is 125 Å². The first-order valence-electron chi connectivity index (χ1n) is 7.54. The second-order valence-electron chi connectivity index (χ2n) is 5.61. The van der Waals surface area contributed by atoms with Crippen molar-refractivity contribution in [2.75, 3.05) is 20.1 Å². The molecular weight excluding hydrogens is 269 g/mol. The zero-order valence-corrected chi connectivity index (χ0v) is 12.7. The molecule has 5 heteroatoms. The molecule has 1 fully saturated rings. The summed E-state index contributed by atoms with van der Waals surface area (Å²) in [5.41, 5.74) is 0.518. The molecule has 0 aromatic heterocycles. The van der Waals surface area contributed by atoms with Gasteiger partial charge in [0.25, 0.3) is 0 Å². The van der Waals surface area contributed by atoms with Crippen molar-refractivity contribution in [3.8, 4) is 0 Å². The van der Waals surface area contributed by atoms with Gasteiger partial charge in [-0.25, -0.2) is 4.39 Å². The summed E-state index contributed by atoms with van der Waals surface area (Å²) in [4.78, 5) is 14.4. The predicted octanol–water partition coefficient (Wildman–Crippen LogP) is 1.51. The first-order valence-corrected chi connectivity index (χ1v) is 7.54. The summed E-state index contributed by atoms with van der Waals surface area (Å²) in [6.07, 6.45) is 2.24. The fourth-order valence-corrected chi connectivity index (χ4v) is 2.73. The van der Waals surface area contributed by atoms with Crippen LogP contribution in [0.15, 0.2) is 24.3 Å². The summed E-state index contributed by atoms with van der Waals surface area (Å²) in [6.45, 7) is 3.96. The van der Waals surface area contributed by atoms with Crippen LogP contribution in [-0.2, 0) is 11.3 Å². The molecule has 0 radical (unpaired) electrons. The minimum Gasteiger partial charge on any atom is -0.351 e. The quantitative estimate of drug-likeness (QED) is 0.865. The number of rotatable bonds is 5. The maximum atomic E-state index is 13.5. The molecular formula is C16H24FN3O. The number of likely N-dealkylation sites (tertiary alicyclic amines) is 1. The van der Waals surface area contributed by atoms with Crippen LogP contribution in [0.2, 0.25) is 0 Å². The topological polar surface area (TPSA) is 44.4 Å². The lowest BCUT2D eigenvalue weighted by atomic mass is 10.0. The van der Waals surface area contributed by atoms with Gasteiger partial charge < -0.3 is 10.6 Å². The zero-order valence-electron chi connectivity index (χ0n) is 12.7. The Morgan fingerprint density at radius 1 is 1.48 bits per heavy atom. The van der Waals surface area contributed by atoms with Gasteiger partial charge in [-0.2, -0.15) is 0 Å². The third kappa shape index (κ3) is 4.25. The molecule has 0 saturated carbocycles. The molecule has 0 bridgehead atoms. The van der Waals surface area contributed by atoms with Crippen LogP contribution < -0.4 is 10.6 Å². The van der Waals surface area contributed by atoms with Crippen LogP contribution in [0.3, 0.4) is 0 Å². The first-order chi connectivity index (χ1) is 10.1. The molecule has 1 amide bonds. The summed E-state index contributed by atoms with van der Waals surface area (Å²) in [5.74, 6) is -0.325. The largest absolute Gasteiger partial charge is 0.351 e. The van der Waals surface area contributed by atoms with Gasteiger partial charge in [0.05, 0.1) is 6.04 Å². The molecule has 4 nitrogen and oxygen atoms in total. The molecule has 21 heavy (non-hydrogen) atoms. The molecule has 1 aliphatic heterocycles. The van der Waals surface area contributed by atoms with E-state index in [0.717, 1.165) is 25.9 Å². The van der Waals surface area contributed by atoms with Crippen molar-refractivity contribution in [3.05, 3.63) is 35.6 Å². The van der Waals surface area contributed by atoms with Crippen molar-refractivity contribution < 1.29 is 9.18 Å². The highest BCUT2D eigenvalue weighted by atomic mass is 19.1. The van der Waals surface area contributed by atoms with Crippen LogP contribution in [0.1, 0.15) is 25.3 Å². The van der Waals surface area contributed by atoms with E-state index in [4.69, 9.17) is 0 Å². The van der Waals surface area contributed by atoms with Gasteiger partial charge in [-0.05, 0) is 39.4 Å². The lowest BCUT2D eigenvalue weighted by molar-refractivity contribution is -0.126. The first kappa shape index (κ1) is 15.9. The molecule has 1 aromatic carbocycles. The van der Waals surface area contributed by atoms with Gasteiger partial charge >= 0.3 is 0 Å². The number of hydrogen-bond acceptors (Lipinski definition) is 3. The zero-order chi connectivity index (χ0) is 15.2. The maximum Gasteiger partial charge on any atom is 0.237 e. The van der Waals surface area contributed by atoms with Gasteiger partial charge in [0, 0.05) is 24.7 Å². The molecule has 0 aliphatic carbocycles. The lowest BCUT2D eigenvalue weighted by Crippen LogP contribution is -2.52. The fourth-order valence-electron chi connectivity index (χ4n) is 2.73. The number of halogens is 1. The number of benzene rings is 1. The Morgan fingerprint density at radius 2 is 2.24 bits per heavy atom. The van der Waals surface area contributed by atoms with Crippen LogP contribution in [0.4, 0.5) is 4.39 Å². The summed E-state index contributed by atoms with van der Waals surface area (Å²) in [5, 5.41) is 6.10. The second-order valence-corrected chi connectivity index (χ2v) is 5.61. The van der Waals surface area contributed by atoms with Crippen LogP contribution in [0.25, 0.3) is 0 Å². The number of nitrogens with one attached hydrogen (secondary N) is 2. The molecule has 0 spiro atoms. The predicted molar refractivity (Wildman–Crippen MR) is 81.4 cm³/mol. The Balaban J connectivity index is 1.86. The monoisotopic (exact) mass is 293 g/mol. The molecule has 2 unspecified atom stereocenters. The maximum absolute atomic E-state index is 13.5. The van der Waals surface area contributed by atoms with Crippen molar-refractivity contribution in [1.29, 1.82) is 0 Å². The summed E-state index contributed by atoms with van der Waals surface area (Å²) in [6, 6.07) is 6.78. The van der Waals surface area contributed by atoms with Crippen LogP contribution >= 0.6 is 0 Å². The van der Waals surface area contributed by atoms with Crippen molar-refractivity contribution in [3.63, 3.8) is 0 Å². The smallest absolute Gasteiger partial charge is 0.237 e. The molecule has 116 valence electrons. The van der Waals surface area contributed by atoms with Gasteiger partial charge in [0.15, 0.2) is 0 Å². The van der Waals surface area contributed by atoms with Crippen LogP contribution in [0, 0.1) is 5.82 Å². The minimum absolute atomic E-state index is 0.0463. The van der Waals surface area contributed by atoms with Crippen LogP contribution in [-0.4, -0.2) is 43.0 Å². The minimum atomic E-state index is -0.279. The lowest BCUT2D eigenvalue weighted by Gasteiger charge is -2.35. The Morgan fingerprint density at radius 3 is 2.95 bits per heavy atom. The Kier molecular flexibility index (Phi) is 5.70. The van der Waals surface area contributed by atoms with E-state index in [9.17, 15) is 9.18 Å². The molecule has 2 atom stereocenters. The van der Waals surface area contributed by atoms with Gasteiger partial charge in [-0.15, -0.1) is 0 Å². The molecule has 1 saturated heterocycles. The normalized spacial score (nSPS) is 21.0. The van der Waals surface area contributed by atoms with E-state index in [0.29, 0.717) is 11.6 Å². The third-order valence-electron chi connectivity index (χ3n) is 4.20. The number of hydrogen-bond donors (Lipinski definition) is 2. The number of piperidine rings is 1. The average Bonchev–Trinajstić information content (AvgIpc) is 2.53.